The van der Waals surface area contributed by atoms with Gasteiger partial charge in [0.05, 0.1) is 18.4 Å². The van der Waals surface area contributed by atoms with Crippen molar-refractivity contribution < 1.29 is 19.0 Å². The lowest BCUT2D eigenvalue weighted by Gasteiger charge is -2.20. The lowest BCUT2D eigenvalue weighted by atomic mass is 10.2. The lowest BCUT2D eigenvalue weighted by molar-refractivity contribution is 0.102. The largest absolute Gasteiger partial charge is 0.496 e. The van der Waals surface area contributed by atoms with Crippen LogP contribution in [0.25, 0.3) is 17.1 Å². The molecule has 4 aromatic rings. The fraction of sp³-hybridized carbons (Fsp3) is 0.240. The van der Waals surface area contributed by atoms with Crippen molar-refractivity contribution >= 4 is 29.1 Å². The van der Waals surface area contributed by atoms with Crippen LogP contribution in [-0.4, -0.2) is 51.6 Å². The number of ketones is 1. The lowest BCUT2D eigenvalue weighted by Crippen LogP contribution is -2.15. The Balaban J connectivity index is 1.33. The van der Waals surface area contributed by atoms with Gasteiger partial charge in [-0.25, -0.2) is 4.98 Å². The predicted molar refractivity (Wildman–Crippen MR) is 135 cm³/mol. The van der Waals surface area contributed by atoms with E-state index in [1.54, 1.807) is 25.3 Å². The van der Waals surface area contributed by atoms with Crippen molar-refractivity contribution in [2.24, 2.45) is 0 Å². The highest BCUT2D eigenvalue weighted by molar-refractivity contribution is 7.99. The summed E-state index contributed by atoms with van der Waals surface area (Å²) in [7, 11) is 1.58. The van der Waals surface area contributed by atoms with Gasteiger partial charge >= 0.3 is 0 Å². The summed E-state index contributed by atoms with van der Waals surface area (Å²) in [5.41, 5.74) is 4.11. The van der Waals surface area contributed by atoms with Crippen LogP contribution in [0.5, 0.6) is 17.2 Å². The molecule has 1 N–H and O–H groups in total. The number of hydrogen-bond donors (Lipinski definition) is 1. The van der Waals surface area contributed by atoms with Crippen molar-refractivity contribution in [2.45, 2.75) is 19.0 Å². The van der Waals surface area contributed by atoms with E-state index in [4.69, 9.17) is 25.8 Å². The molecule has 0 aliphatic carbocycles. The van der Waals surface area contributed by atoms with Gasteiger partial charge in [0.25, 0.3) is 0 Å². The van der Waals surface area contributed by atoms with Gasteiger partial charge in [-0.2, -0.15) is 0 Å². The molecule has 0 saturated carbocycles. The van der Waals surface area contributed by atoms with Gasteiger partial charge in [0.1, 0.15) is 19.0 Å². The van der Waals surface area contributed by atoms with Crippen LogP contribution in [0.3, 0.4) is 0 Å². The zero-order valence-electron chi connectivity index (χ0n) is 19.4. The fourth-order valence-corrected chi connectivity index (χ4v) is 4.97. The zero-order valence-corrected chi connectivity index (χ0v) is 21.0. The van der Waals surface area contributed by atoms with Crippen molar-refractivity contribution in [3.8, 4) is 34.3 Å². The van der Waals surface area contributed by atoms with Crippen LogP contribution in [0, 0.1) is 13.8 Å². The molecule has 0 amide bonds. The molecule has 2 aromatic carbocycles. The molecule has 0 atom stereocenters. The minimum absolute atomic E-state index is 0.00132. The molecule has 2 aromatic heterocycles. The molecule has 1 aliphatic heterocycles. The highest BCUT2D eigenvalue weighted by Crippen LogP contribution is 2.34. The van der Waals surface area contributed by atoms with E-state index in [0.717, 1.165) is 22.8 Å². The Kier molecular flexibility index (Phi) is 6.44. The fourth-order valence-electron chi connectivity index (χ4n) is 4.12. The first-order valence-corrected chi connectivity index (χ1v) is 12.3. The Bertz CT molecular complexity index is 1410. The summed E-state index contributed by atoms with van der Waals surface area (Å²) in [6.45, 7) is 4.99. The van der Waals surface area contributed by atoms with E-state index in [0.29, 0.717) is 51.8 Å². The number of halogens is 1. The van der Waals surface area contributed by atoms with Crippen LogP contribution in [0.2, 0.25) is 5.02 Å². The summed E-state index contributed by atoms with van der Waals surface area (Å²) in [4.78, 5) is 17.6. The first-order valence-electron chi connectivity index (χ1n) is 11.0. The van der Waals surface area contributed by atoms with E-state index >= 15 is 0 Å². The van der Waals surface area contributed by atoms with Crippen molar-refractivity contribution in [2.75, 3.05) is 26.1 Å². The number of nitrogens with zero attached hydrogens (tertiary/aromatic N) is 3. The van der Waals surface area contributed by atoms with Crippen LogP contribution >= 0.6 is 23.4 Å². The molecule has 1 aliphatic rings. The number of carbonyl (C=O) groups excluding carboxylic acids is 1. The number of aromatic nitrogens is 4. The quantitative estimate of drug-likeness (QED) is 0.267. The number of methoxy groups -OCH3 is 1. The second kappa shape index (κ2) is 9.67. The van der Waals surface area contributed by atoms with Crippen molar-refractivity contribution in [1.82, 2.24) is 19.7 Å². The number of aromatic amines is 1. The number of benzene rings is 2. The topological polar surface area (TPSA) is 91.3 Å². The van der Waals surface area contributed by atoms with Crippen LogP contribution < -0.4 is 14.2 Å². The van der Waals surface area contributed by atoms with Gasteiger partial charge in [-0.1, -0.05) is 23.4 Å². The van der Waals surface area contributed by atoms with Gasteiger partial charge in [-0.05, 0) is 50.2 Å². The van der Waals surface area contributed by atoms with E-state index in [9.17, 15) is 4.79 Å². The number of carbonyl (C=O) groups is 1. The number of fused-ring (bicyclic) bond motifs is 1. The van der Waals surface area contributed by atoms with Gasteiger partial charge < -0.3 is 18.8 Å². The molecular weight excluding hydrogens is 488 g/mol. The van der Waals surface area contributed by atoms with E-state index < -0.39 is 0 Å². The molecule has 0 bridgehead atoms. The Morgan fingerprint density at radius 2 is 1.94 bits per heavy atom. The average Bonchev–Trinajstić information content (AvgIpc) is 3.46. The van der Waals surface area contributed by atoms with E-state index in [-0.39, 0.29) is 11.5 Å². The van der Waals surface area contributed by atoms with Crippen LogP contribution in [0.4, 0.5) is 0 Å². The molecule has 0 unspecified atom stereocenters. The summed E-state index contributed by atoms with van der Waals surface area (Å²) in [6.07, 6.45) is 0. The number of ether oxygens (including phenoxy) is 3. The maximum absolute atomic E-state index is 13.1. The normalized spacial score (nSPS) is 12.6. The van der Waals surface area contributed by atoms with Crippen LogP contribution in [0.1, 0.15) is 21.7 Å². The van der Waals surface area contributed by atoms with E-state index in [1.165, 1.54) is 11.8 Å². The van der Waals surface area contributed by atoms with Crippen LogP contribution in [-0.2, 0) is 0 Å². The Hall–Kier alpha value is -3.43. The maximum atomic E-state index is 13.1. The first kappa shape index (κ1) is 23.3. The SMILES string of the molecule is COc1ccc(Cl)cc1-c1nc(SCC(=O)c2cc(C)n(-c3ccc4c(c3)OCCO4)c2C)n[nH]1. The molecule has 10 heteroatoms. The number of rotatable bonds is 7. The van der Waals surface area contributed by atoms with E-state index in [1.807, 2.05) is 42.7 Å². The number of thioether (sulfide) groups is 1. The number of hydrogen-bond acceptors (Lipinski definition) is 7. The van der Waals surface area contributed by atoms with Crippen molar-refractivity contribution in [3.63, 3.8) is 0 Å². The number of Topliss-reactive ketones (excluding diaryl/α,β-unsaturated/α-hetero) is 1. The maximum Gasteiger partial charge on any atom is 0.209 e. The van der Waals surface area contributed by atoms with Crippen molar-refractivity contribution in [3.05, 3.63) is 64.4 Å². The third-order valence-corrected chi connectivity index (χ3v) is 6.81. The standard InChI is InChI=1S/C25H23ClN4O4S/c1-14-10-18(15(2)30(14)17-5-7-22-23(12-17)34-9-8-33-22)20(31)13-35-25-27-24(28-29-25)19-11-16(26)4-6-21(19)32-3/h4-7,10-12H,8-9,13H2,1-3H3,(H,27,28,29). The van der Waals surface area contributed by atoms with Gasteiger partial charge in [0.15, 0.2) is 23.1 Å². The average molecular weight is 511 g/mol. The monoisotopic (exact) mass is 510 g/mol. The molecule has 8 nitrogen and oxygen atoms in total. The smallest absolute Gasteiger partial charge is 0.209 e. The number of nitrogens with one attached hydrogen (secondary N) is 1. The second-order valence-corrected chi connectivity index (χ2v) is 9.35. The molecule has 35 heavy (non-hydrogen) atoms. The summed E-state index contributed by atoms with van der Waals surface area (Å²) in [6, 6.07) is 13.0. The second-order valence-electron chi connectivity index (χ2n) is 7.97. The molecule has 3 heterocycles. The van der Waals surface area contributed by atoms with Gasteiger partial charge in [-0.3, -0.25) is 9.89 Å². The minimum atomic E-state index is -0.00132. The number of H-pyrrole nitrogens is 1. The highest BCUT2D eigenvalue weighted by Gasteiger charge is 2.20. The van der Waals surface area contributed by atoms with Crippen LogP contribution in [0.15, 0.2) is 47.6 Å². The molecule has 0 spiro atoms. The van der Waals surface area contributed by atoms with Gasteiger partial charge in [-0.15, -0.1) is 5.10 Å². The highest BCUT2D eigenvalue weighted by atomic mass is 35.5. The molecule has 0 saturated heterocycles. The molecule has 0 radical (unpaired) electrons. The number of aryl methyl sites for hydroxylation is 1. The summed E-state index contributed by atoms with van der Waals surface area (Å²) in [5, 5.41) is 8.18. The predicted octanol–water partition coefficient (Wildman–Crippen LogP) is 5.29. The Morgan fingerprint density at radius 1 is 1.14 bits per heavy atom. The Morgan fingerprint density at radius 3 is 2.74 bits per heavy atom. The third kappa shape index (κ3) is 4.61. The molecule has 0 fully saturated rings. The minimum Gasteiger partial charge on any atom is -0.496 e. The zero-order chi connectivity index (χ0) is 24.5. The summed E-state index contributed by atoms with van der Waals surface area (Å²) in [5.74, 6) is 2.80. The Labute approximate surface area is 211 Å². The van der Waals surface area contributed by atoms with Gasteiger partial charge in [0.2, 0.25) is 5.16 Å². The molecule has 5 rings (SSSR count). The van der Waals surface area contributed by atoms with E-state index in [2.05, 4.69) is 15.2 Å². The molecular formula is C25H23ClN4O4S. The summed E-state index contributed by atoms with van der Waals surface area (Å²) >= 11 is 7.40. The van der Waals surface area contributed by atoms with Gasteiger partial charge in [0, 0.05) is 33.7 Å². The molecule has 180 valence electrons. The third-order valence-electron chi connectivity index (χ3n) is 5.73. The summed E-state index contributed by atoms with van der Waals surface area (Å²) < 4.78 is 18.8. The first-order chi connectivity index (χ1) is 16.9. The van der Waals surface area contributed by atoms with Crippen molar-refractivity contribution in [1.29, 1.82) is 0 Å².